The molecule has 0 saturated carbocycles. The fourth-order valence-electron chi connectivity index (χ4n) is 9.61. The van der Waals surface area contributed by atoms with Crippen molar-refractivity contribution < 1.29 is 24.5 Å². The number of unbranched alkanes of at least 4 members (excludes halogenated alkanes) is 43. The minimum atomic E-state index is -0.849. The first-order valence-corrected chi connectivity index (χ1v) is 31.3. The fourth-order valence-corrected chi connectivity index (χ4v) is 9.61. The summed E-state index contributed by atoms with van der Waals surface area (Å²) in [5.41, 5.74) is 0. The van der Waals surface area contributed by atoms with Crippen LogP contribution >= 0.6 is 0 Å². The Balaban J connectivity index is 3.44. The molecule has 0 fully saturated rings. The lowest BCUT2D eigenvalue weighted by Crippen LogP contribution is -2.45. The van der Waals surface area contributed by atoms with Gasteiger partial charge in [0.25, 0.3) is 0 Å². The van der Waals surface area contributed by atoms with Crippen LogP contribution in [-0.2, 0) is 14.3 Å². The van der Waals surface area contributed by atoms with Gasteiger partial charge in [-0.15, -0.1) is 0 Å². The van der Waals surface area contributed by atoms with Crippen molar-refractivity contribution in [3.8, 4) is 0 Å². The van der Waals surface area contributed by atoms with Crippen LogP contribution in [0.2, 0.25) is 0 Å². The van der Waals surface area contributed by atoms with E-state index in [1.807, 2.05) is 6.08 Å². The van der Waals surface area contributed by atoms with E-state index in [1.54, 1.807) is 6.08 Å². The number of rotatable bonds is 58. The molecule has 2 atom stereocenters. The molecule has 0 aliphatic rings. The Morgan fingerprint density at radius 2 is 0.714 bits per heavy atom. The molecule has 412 valence electrons. The summed E-state index contributed by atoms with van der Waals surface area (Å²) in [6.45, 7) is 4.89. The molecule has 0 rings (SSSR count). The van der Waals surface area contributed by atoms with Gasteiger partial charge >= 0.3 is 5.97 Å². The van der Waals surface area contributed by atoms with Crippen LogP contribution in [0.15, 0.2) is 36.5 Å². The number of aliphatic hydroxyl groups is 2. The molecule has 70 heavy (non-hydrogen) atoms. The maximum Gasteiger partial charge on any atom is 0.305 e. The van der Waals surface area contributed by atoms with Gasteiger partial charge in [0, 0.05) is 12.8 Å². The van der Waals surface area contributed by atoms with E-state index in [4.69, 9.17) is 4.74 Å². The van der Waals surface area contributed by atoms with Crippen LogP contribution in [0.25, 0.3) is 0 Å². The zero-order valence-electron chi connectivity index (χ0n) is 47.0. The number of carbonyl (C=O) groups is 2. The highest BCUT2D eigenvalue weighted by Crippen LogP contribution is 2.17. The topological polar surface area (TPSA) is 95.9 Å². The standard InChI is InChI=1S/C64H121NO5/c1-3-5-7-9-11-13-15-17-19-21-24-28-32-36-40-44-48-52-56-62(67)61(60-66)65-63(68)57-53-49-45-41-37-33-29-25-23-27-31-35-39-43-47-51-55-59-70-64(69)58-54-50-46-42-38-34-30-26-22-20-18-16-14-12-10-8-6-4-2/h14,16,20,22,52,56,61-62,66-67H,3-13,15,17-19,21,23-51,53-55,57-60H2,1-2H3,(H,65,68)/b16-14-,22-20-,56-52+. The molecule has 0 spiro atoms. The Hall–Kier alpha value is -1.92. The number of hydrogen-bond acceptors (Lipinski definition) is 5. The Labute approximate surface area is 436 Å². The number of nitrogens with one attached hydrogen (secondary N) is 1. The average Bonchev–Trinajstić information content (AvgIpc) is 3.36. The second-order valence-electron chi connectivity index (χ2n) is 21.4. The Morgan fingerprint density at radius 3 is 1.10 bits per heavy atom. The fraction of sp³-hybridized carbons (Fsp3) is 0.875. The molecule has 3 N–H and O–H groups in total. The summed E-state index contributed by atoms with van der Waals surface area (Å²) < 4.78 is 5.49. The van der Waals surface area contributed by atoms with Crippen LogP contribution in [0.5, 0.6) is 0 Å². The highest BCUT2D eigenvalue weighted by Gasteiger charge is 2.18. The smallest absolute Gasteiger partial charge is 0.305 e. The normalized spacial score (nSPS) is 12.8. The van der Waals surface area contributed by atoms with Crippen molar-refractivity contribution >= 4 is 11.9 Å². The second-order valence-corrected chi connectivity index (χ2v) is 21.4. The molecular weight excluding hydrogens is 863 g/mol. The van der Waals surface area contributed by atoms with Gasteiger partial charge < -0.3 is 20.3 Å². The third-order valence-electron chi connectivity index (χ3n) is 14.4. The van der Waals surface area contributed by atoms with Gasteiger partial charge in [0.15, 0.2) is 0 Å². The first-order chi connectivity index (χ1) is 34.5. The summed E-state index contributed by atoms with van der Waals surface area (Å²) in [4.78, 5) is 24.6. The first-order valence-electron chi connectivity index (χ1n) is 31.3. The summed E-state index contributed by atoms with van der Waals surface area (Å²) in [5, 5.41) is 23.2. The summed E-state index contributed by atoms with van der Waals surface area (Å²) in [5.74, 6) is -0.0741. The number of carbonyl (C=O) groups excluding carboxylic acids is 2. The first kappa shape index (κ1) is 68.1. The quantitative estimate of drug-likeness (QED) is 0.0321. The molecule has 0 aromatic rings. The number of esters is 1. The maximum atomic E-state index is 12.5. The highest BCUT2D eigenvalue weighted by molar-refractivity contribution is 5.76. The van der Waals surface area contributed by atoms with Gasteiger partial charge in [-0.3, -0.25) is 9.59 Å². The average molecular weight is 985 g/mol. The van der Waals surface area contributed by atoms with E-state index in [2.05, 4.69) is 43.5 Å². The largest absolute Gasteiger partial charge is 0.466 e. The molecule has 0 aromatic carbocycles. The molecule has 1 amide bonds. The van der Waals surface area contributed by atoms with Gasteiger partial charge in [-0.2, -0.15) is 0 Å². The van der Waals surface area contributed by atoms with Crippen molar-refractivity contribution in [3.05, 3.63) is 36.5 Å². The third kappa shape index (κ3) is 55.4. The summed E-state index contributed by atoms with van der Waals surface area (Å²) in [7, 11) is 0. The third-order valence-corrected chi connectivity index (χ3v) is 14.4. The molecule has 0 aromatic heterocycles. The van der Waals surface area contributed by atoms with E-state index in [1.165, 1.54) is 257 Å². The predicted octanol–water partition coefficient (Wildman–Crippen LogP) is 19.6. The van der Waals surface area contributed by atoms with Crippen molar-refractivity contribution in [2.24, 2.45) is 0 Å². The number of hydrogen-bond donors (Lipinski definition) is 3. The van der Waals surface area contributed by atoms with Crippen molar-refractivity contribution in [2.75, 3.05) is 13.2 Å². The molecule has 0 aliphatic carbocycles. The number of aliphatic hydroxyl groups excluding tert-OH is 2. The van der Waals surface area contributed by atoms with Crippen LogP contribution < -0.4 is 5.32 Å². The minimum absolute atomic E-state index is 0.00260. The van der Waals surface area contributed by atoms with E-state index in [0.29, 0.717) is 19.4 Å². The molecule has 0 radical (unpaired) electrons. The highest BCUT2D eigenvalue weighted by atomic mass is 16.5. The summed E-state index contributed by atoms with van der Waals surface area (Å²) in [6.07, 6.45) is 74.6. The van der Waals surface area contributed by atoms with Crippen LogP contribution in [0.3, 0.4) is 0 Å². The minimum Gasteiger partial charge on any atom is -0.466 e. The summed E-state index contributed by atoms with van der Waals surface area (Å²) >= 11 is 0. The van der Waals surface area contributed by atoms with Gasteiger partial charge in [-0.25, -0.2) is 0 Å². The molecule has 0 saturated heterocycles. The maximum absolute atomic E-state index is 12.5. The van der Waals surface area contributed by atoms with Crippen LogP contribution in [0.1, 0.15) is 335 Å². The summed E-state index contributed by atoms with van der Waals surface area (Å²) in [6, 6.07) is -0.633. The van der Waals surface area contributed by atoms with Gasteiger partial charge in [-0.05, 0) is 64.2 Å². The van der Waals surface area contributed by atoms with Crippen LogP contribution in [-0.4, -0.2) is 47.4 Å². The number of allylic oxidation sites excluding steroid dienone is 5. The van der Waals surface area contributed by atoms with E-state index in [-0.39, 0.29) is 18.5 Å². The van der Waals surface area contributed by atoms with Crippen molar-refractivity contribution in [2.45, 2.75) is 347 Å². The molecule has 6 nitrogen and oxygen atoms in total. The van der Waals surface area contributed by atoms with E-state index in [0.717, 1.165) is 51.4 Å². The van der Waals surface area contributed by atoms with Gasteiger partial charge in [0.05, 0.1) is 25.4 Å². The number of amides is 1. The molecule has 0 heterocycles. The van der Waals surface area contributed by atoms with Crippen molar-refractivity contribution in [1.82, 2.24) is 5.32 Å². The SMILES string of the molecule is CCCCCC/C=C\C/C=C\CCCCCCCCCC(=O)OCCCCCCCCCCCCCCCCCCCC(=O)NC(CO)C(O)/C=C/CCCCCCCCCCCCCCCCCC. The lowest BCUT2D eigenvalue weighted by atomic mass is 10.0. The van der Waals surface area contributed by atoms with E-state index < -0.39 is 12.1 Å². The second kappa shape index (κ2) is 59.6. The predicted molar refractivity (Wildman–Crippen MR) is 306 cm³/mol. The number of ether oxygens (including phenoxy) is 1. The van der Waals surface area contributed by atoms with Gasteiger partial charge in [0.1, 0.15) is 0 Å². The Kier molecular flexibility index (Phi) is 58.0. The Morgan fingerprint density at radius 1 is 0.400 bits per heavy atom. The van der Waals surface area contributed by atoms with Gasteiger partial charge in [-0.1, -0.05) is 294 Å². The molecule has 2 unspecified atom stereocenters. The van der Waals surface area contributed by atoms with Gasteiger partial charge in [0.2, 0.25) is 5.91 Å². The molecule has 6 heteroatoms. The molecule has 0 bridgehead atoms. The monoisotopic (exact) mass is 984 g/mol. The van der Waals surface area contributed by atoms with E-state index >= 15 is 0 Å². The van der Waals surface area contributed by atoms with E-state index in [9.17, 15) is 19.8 Å². The zero-order valence-corrected chi connectivity index (χ0v) is 47.0. The lowest BCUT2D eigenvalue weighted by molar-refractivity contribution is -0.143. The van der Waals surface area contributed by atoms with Crippen LogP contribution in [0, 0.1) is 0 Å². The molecular formula is C64H121NO5. The lowest BCUT2D eigenvalue weighted by Gasteiger charge is -2.20. The zero-order chi connectivity index (χ0) is 50.7. The van der Waals surface area contributed by atoms with Crippen LogP contribution in [0.4, 0.5) is 0 Å². The van der Waals surface area contributed by atoms with Crippen molar-refractivity contribution in [1.29, 1.82) is 0 Å². The molecule has 0 aliphatic heterocycles. The Bertz CT molecular complexity index is 1130. The van der Waals surface area contributed by atoms with Crippen molar-refractivity contribution in [3.63, 3.8) is 0 Å².